The molecule has 2 unspecified atom stereocenters. The lowest BCUT2D eigenvalue weighted by molar-refractivity contribution is -0.125. The summed E-state index contributed by atoms with van der Waals surface area (Å²) in [4.78, 5) is 25.1. The summed E-state index contributed by atoms with van der Waals surface area (Å²) >= 11 is 0. The Balaban J connectivity index is 1.26. The molecule has 0 amide bonds. The maximum atomic E-state index is 12.8. The summed E-state index contributed by atoms with van der Waals surface area (Å²) in [7, 11) is 0. The van der Waals surface area contributed by atoms with Crippen LogP contribution in [0.4, 0.5) is 0 Å². The van der Waals surface area contributed by atoms with E-state index in [9.17, 15) is 9.59 Å². The second kappa shape index (κ2) is 8.01. The number of carbonyl (C=O) groups excluding carboxylic acids is 2. The van der Waals surface area contributed by atoms with Gasteiger partial charge in [0.05, 0.1) is 12.2 Å². The van der Waals surface area contributed by atoms with Crippen molar-refractivity contribution >= 4 is 11.6 Å². The lowest BCUT2D eigenvalue weighted by Gasteiger charge is -2.57. The van der Waals surface area contributed by atoms with Gasteiger partial charge in [-0.05, 0) is 130 Å². The molecule has 1 aliphatic heterocycles. The molecule has 1 heterocycles. The molecule has 6 aliphatic carbocycles. The van der Waals surface area contributed by atoms with Gasteiger partial charge >= 0.3 is 0 Å². The van der Waals surface area contributed by atoms with Crippen LogP contribution >= 0.6 is 0 Å². The Hall–Kier alpha value is -1.48. The zero-order valence-corrected chi connectivity index (χ0v) is 21.6. The number of carbonyl (C=O) groups is 2. The first kappa shape index (κ1) is 22.7. The first-order valence-corrected chi connectivity index (χ1v) is 14.7. The molecule has 3 heteroatoms. The van der Waals surface area contributed by atoms with Crippen molar-refractivity contribution in [3.05, 3.63) is 34.9 Å². The minimum absolute atomic E-state index is 0.121. The molecule has 0 aromatic rings. The number of ether oxygens (including phenoxy) is 1. The maximum Gasteiger partial charge on any atom is 0.156 e. The van der Waals surface area contributed by atoms with E-state index in [4.69, 9.17) is 4.74 Å². The maximum absolute atomic E-state index is 12.8. The average Bonchev–Trinajstić information content (AvgIpc) is 3.58. The van der Waals surface area contributed by atoms with Gasteiger partial charge in [0.2, 0.25) is 0 Å². The Kier molecular flexibility index (Phi) is 5.19. The summed E-state index contributed by atoms with van der Waals surface area (Å²) in [6.07, 6.45) is 17.4. The van der Waals surface area contributed by atoms with E-state index in [0.29, 0.717) is 53.5 Å². The highest BCUT2D eigenvalue weighted by Gasteiger charge is 2.66. The van der Waals surface area contributed by atoms with Crippen LogP contribution in [0.3, 0.4) is 0 Å². The van der Waals surface area contributed by atoms with Crippen LogP contribution in [0.5, 0.6) is 0 Å². The van der Waals surface area contributed by atoms with Crippen LogP contribution < -0.4 is 0 Å². The second-order valence-corrected chi connectivity index (χ2v) is 13.4. The van der Waals surface area contributed by atoms with Crippen LogP contribution in [0.2, 0.25) is 0 Å². The summed E-state index contributed by atoms with van der Waals surface area (Å²) < 4.78 is 6.69. The molecule has 1 saturated heterocycles. The molecule has 188 valence electrons. The molecule has 0 radical (unpaired) electrons. The number of fused-ring (bicyclic) bond motifs is 5. The van der Waals surface area contributed by atoms with Gasteiger partial charge in [-0.15, -0.1) is 0 Å². The van der Waals surface area contributed by atoms with E-state index in [0.717, 1.165) is 58.0 Å². The molecule has 4 saturated carbocycles. The van der Waals surface area contributed by atoms with Gasteiger partial charge in [-0.2, -0.15) is 0 Å². The monoisotopic (exact) mass is 474 g/mol. The van der Waals surface area contributed by atoms with Crippen LogP contribution in [0.1, 0.15) is 96.8 Å². The molecule has 3 nitrogen and oxygen atoms in total. The Bertz CT molecular complexity index is 1040. The Morgan fingerprint density at radius 2 is 1.69 bits per heavy atom. The minimum atomic E-state index is -0.121. The van der Waals surface area contributed by atoms with Crippen molar-refractivity contribution in [1.29, 1.82) is 0 Å². The molecule has 7 rings (SSSR count). The van der Waals surface area contributed by atoms with Gasteiger partial charge in [-0.1, -0.05) is 19.1 Å². The van der Waals surface area contributed by atoms with Crippen molar-refractivity contribution in [2.24, 2.45) is 40.9 Å². The van der Waals surface area contributed by atoms with Gasteiger partial charge in [-0.3, -0.25) is 9.59 Å². The van der Waals surface area contributed by atoms with Crippen molar-refractivity contribution in [3.8, 4) is 0 Å². The number of rotatable bonds is 3. The number of allylic oxidation sites excluding steroid dienone is 4. The number of Topliss-reactive ketones (excluding diaryl/α,β-unsaturated/α-hetero) is 1. The van der Waals surface area contributed by atoms with E-state index in [2.05, 4.69) is 13.5 Å². The van der Waals surface area contributed by atoms with Crippen LogP contribution in [0.15, 0.2) is 34.9 Å². The van der Waals surface area contributed by atoms with E-state index >= 15 is 0 Å². The predicted octanol–water partition coefficient (Wildman–Crippen LogP) is 6.92. The van der Waals surface area contributed by atoms with Crippen molar-refractivity contribution < 1.29 is 14.3 Å². The zero-order chi connectivity index (χ0) is 23.9. The Morgan fingerprint density at radius 1 is 0.943 bits per heavy atom. The molecule has 1 spiro atoms. The third-order valence-electron chi connectivity index (χ3n) is 11.9. The standard InChI is InChI=1S/C32H42O3/c1-19-14-16-35-32(19)15-13-28-26-11-9-23-17-24(33)10-12-25(23)29(26)27(18-31(28,32)2)20-3-5-21(6-4-20)30(34)22-7-8-22/h17,20-22,26-28H,1,3-16,18H2,2H3/t20?,21?,26?,27-,28?,31+,32-/m1/s1. The molecule has 0 aromatic heterocycles. The molecule has 0 N–H and O–H groups in total. The molecule has 5 fully saturated rings. The molecular formula is C32H42O3. The minimum Gasteiger partial charge on any atom is -0.370 e. The van der Waals surface area contributed by atoms with E-state index < -0.39 is 0 Å². The third kappa shape index (κ3) is 3.25. The largest absolute Gasteiger partial charge is 0.370 e. The summed E-state index contributed by atoms with van der Waals surface area (Å²) in [5.74, 6) is 4.19. The first-order valence-electron chi connectivity index (χ1n) is 14.7. The highest BCUT2D eigenvalue weighted by Crippen LogP contribution is 2.70. The van der Waals surface area contributed by atoms with Gasteiger partial charge in [0.1, 0.15) is 5.78 Å². The van der Waals surface area contributed by atoms with Crippen LogP contribution in [-0.2, 0) is 14.3 Å². The topological polar surface area (TPSA) is 43.4 Å². The number of hydrogen-bond acceptors (Lipinski definition) is 3. The van der Waals surface area contributed by atoms with Crippen LogP contribution in [-0.4, -0.2) is 23.8 Å². The number of ketones is 2. The normalized spacial score (nSPS) is 45.3. The molecule has 0 aromatic carbocycles. The summed E-state index contributed by atoms with van der Waals surface area (Å²) in [6.45, 7) is 7.98. The fourth-order valence-electron chi connectivity index (χ4n) is 10.1. The van der Waals surface area contributed by atoms with Gasteiger partial charge < -0.3 is 4.74 Å². The zero-order valence-electron chi connectivity index (χ0n) is 21.6. The first-order chi connectivity index (χ1) is 16.9. The van der Waals surface area contributed by atoms with E-state index in [-0.39, 0.29) is 11.0 Å². The average molecular weight is 475 g/mol. The lowest BCUT2D eigenvalue weighted by Crippen LogP contribution is -2.53. The third-order valence-corrected chi connectivity index (χ3v) is 11.9. The predicted molar refractivity (Wildman–Crippen MR) is 137 cm³/mol. The molecule has 35 heavy (non-hydrogen) atoms. The highest BCUT2D eigenvalue weighted by molar-refractivity contribution is 5.93. The van der Waals surface area contributed by atoms with Gasteiger partial charge in [0.25, 0.3) is 0 Å². The fraction of sp³-hybridized carbons (Fsp3) is 0.750. The van der Waals surface area contributed by atoms with Crippen molar-refractivity contribution in [2.75, 3.05) is 6.61 Å². The Labute approximate surface area is 210 Å². The van der Waals surface area contributed by atoms with E-state index in [1.807, 2.05) is 6.08 Å². The van der Waals surface area contributed by atoms with Crippen LogP contribution in [0.25, 0.3) is 0 Å². The summed E-state index contributed by atoms with van der Waals surface area (Å²) in [5, 5.41) is 0. The van der Waals surface area contributed by atoms with E-state index in [1.165, 1.54) is 43.3 Å². The second-order valence-electron chi connectivity index (χ2n) is 13.4. The molecular weight excluding hydrogens is 432 g/mol. The van der Waals surface area contributed by atoms with Crippen LogP contribution in [0, 0.1) is 40.9 Å². The van der Waals surface area contributed by atoms with Gasteiger partial charge in [0.15, 0.2) is 5.78 Å². The summed E-state index contributed by atoms with van der Waals surface area (Å²) in [6, 6.07) is 0. The van der Waals surface area contributed by atoms with Crippen molar-refractivity contribution in [1.82, 2.24) is 0 Å². The molecule has 0 bridgehead atoms. The van der Waals surface area contributed by atoms with Crippen molar-refractivity contribution in [3.63, 3.8) is 0 Å². The number of hydrogen-bond donors (Lipinski definition) is 0. The van der Waals surface area contributed by atoms with Crippen molar-refractivity contribution in [2.45, 2.75) is 102 Å². The Morgan fingerprint density at radius 3 is 2.37 bits per heavy atom. The molecule has 7 aliphatic rings. The summed E-state index contributed by atoms with van der Waals surface area (Å²) in [5.41, 5.74) is 6.10. The van der Waals surface area contributed by atoms with Gasteiger partial charge in [0, 0.05) is 23.7 Å². The van der Waals surface area contributed by atoms with E-state index in [1.54, 1.807) is 11.1 Å². The highest BCUT2D eigenvalue weighted by atomic mass is 16.5. The SMILES string of the molecule is C=C1CCO[C@]12CCC1C3CCC4=CC(=O)CCC4=C3[C@@H](C3CCC(C(=O)C4CC4)CC3)C[C@@]12C. The fourth-order valence-corrected chi connectivity index (χ4v) is 10.1. The quantitative estimate of drug-likeness (QED) is 0.417. The molecule has 5 atom stereocenters. The smallest absolute Gasteiger partial charge is 0.156 e. The van der Waals surface area contributed by atoms with Gasteiger partial charge in [-0.25, -0.2) is 0 Å². The lowest BCUT2D eigenvalue weighted by atomic mass is 9.49.